The fourth-order valence-corrected chi connectivity index (χ4v) is 3.50. The Labute approximate surface area is 192 Å². The van der Waals surface area contributed by atoms with E-state index in [-0.39, 0.29) is 5.82 Å². The number of carbonyl (C=O) groups excluding carboxylic acids is 1. The number of aromatic nitrogens is 3. The molecule has 0 fully saturated rings. The van der Waals surface area contributed by atoms with Gasteiger partial charge in [-0.25, -0.2) is 9.67 Å². The van der Waals surface area contributed by atoms with Gasteiger partial charge in [0.05, 0.1) is 26.4 Å². The highest BCUT2D eigenvalue weighted by molar-refractivity contribution is 6.42. The smallest absolute Gasteiger partial charge is 0.295 e. The number of nitrogens with one attached hydrogen (secondary N) is 1. The molecule has 0 spiro atoms. The minimum Gasteiger partial charge on any atom is -0.318 e. The third-order valence-corrected chi connectivity index (χ3v) is 5.46. The average molecular weight is 478 g/mol. The summed E-state index contributed by atoms with van der Waals surface area (Å²) in [6, 6.07) is 19.2. The van der Waals surface area contributed by atoms with Gasteiger partial charge in [-0.15, -0.1) is 5.10 Å². The quantitative estimate of drug-likeness (QED) is 0.351. The Morgan fingerprint density at radius 1 is 0.833 bits per heavy atom. The Morgan fingerprint density at radius 2 is 1.60 bits per heavy atom. The maximum Gasteiger partial charge on any atom is 0.295 e. The lowest BCUT2D eigenvalue weighted by Crippen LogP contribution is -2.14. The number of carbonyl (C=O) groups is 1. The predicted molar refractivity (Wildman–Crippen MR) is 121 cm³/mol. The molecule has 3 aromatic carbocycles. The first-order valence-corrected chi connectivity index (χ1v) is 10.2. The van der Waals surface area contributed by atoms with Crippen LogP contribution in [-0.2, 0) is 0 Å². The highest BCUT2D eigenvalue weighted by Gasteiger charge is 2.20. The van der Waals surface area contributed by atoms with Gasteiger partial charge in [-0.2, -0.15) is 0 Å². The summed E-state index contributed by atoms with van der Waals surface area (Å²) in [4.78, 5) is 17.3. The van der Waals surface area contributed by atoms with Crippen molar-refractivity contribution in [3.8, 4) is 17.1 Å². The Morgan fingerprint density at radius 3 is 2.30 bits per heavy atom. The highest BCUT2D eigenvalue weighted by atomic mass is 35.5. The maximum absolute atomic E-state index is 12.8. The van der Waals surface area contributed by atoms with Crippen molar-refractivity contribution < 1.29 is 4.79 Å². The summed E-state index contributed by atoms with van der Waals surface area (Å²) in [5, 5.41) is 8.65. The Hall–Kier alpha value is -2.57. The fraction of sp³-hybridized carbons (Fsp3) is 0. The van der Waals surface area contributed by atoms with Crippen molar-refractivity contribution in [2.75, 3.05) is 5.32 Å². The zero-order valence-corrected chi connectivity index (χ0v) is 18.1. The molecule has 0 radical (unpaired) electrons. The van der Waals surface area contributed by atoms with Gasteiger partial charge in [-0.3, -0.25) is 4.79 Å². The van der Waals surface area contributed by atoms with E-state index in [1.54, 1.807) is 30.3 Å². The first kappa shape index (κ1) is 20.7. The summed E-state index contributed by atoms with van der Waals surface area (Å²) < 4.78 is 1.54. The maximum atomic E-state index is 12.8. The normalized spacial score (nSPS) is 10.8. The van der Waals surface area contributed by atoms with Crippen molar-refractivity contribution in [3.05, 3.63) is 92.6 Å². The van der Waals surface area contributed by atoms with E-state index >= 15 is 0 Å². The SMILES string of the molecule is O=C(Nc1ccc(Cl)cc1Cl)c1nc(-c2ccccc2)n(-c2ccc(Cl)c(Cl)c2)n1. The second-order valence-corrected chi connectivity index (χ2v) is 7.87. The van der Waals surface area contributed by atoms with E-state index in [4.69, 9.17) is 46.4 Å². The van der Waals surface area contributed by atoms with Crippen molar-refractivity contribution in [2.24, 2.45) is 0 Å². The topological polar surface area (TPSA) is 59.8 Å². The van der Waals surface area contributed by atoms with E-state index in [0.717, 1.165) is 5.56 Å². The van der Waals surface area contributed by atoms with Gasteiger partial charge in [0.2, 0.25) is 5.82 Å². The van der Waals surface area contributed by atoms with Crippen LogP contribution >= 0.6 is 46.4 Å². The Balaban J connectivity index is 1.76. The Kier molecular flexibility index (Phi) is 5.97. The first-order chi connectivity index (χ1) is 14.4. The molecule has 0 saturated heterocycles. The van der Waals surface area contributed by atoms with E-state index in [2.05, 4.69) is 15.4 Å². The molecule has 0 atom stereocenters. The molecule has 0 aliphatic carbocycles. The standard InChI is InChI=1S/C21H12Cl4N4O/c22-13-6-9-18(17(25)10-13)26-21(30)19-27-20(12-4-2-1-3-5-12)29(28-19)14-7-8-15(23)16(24)11-14/h1-11H,(H,26,30). The molecule has 1 N–H and O–H groups in total. The number of anilines is 1. The molecular formula is C21H12Cl4N4O. The third-order valence-electron chi connectivity index (χ3n) is 4.17. The summed E-state index contributed by atoms with van der Waals surface area (Å²) in [6.45, 7) is 0. The lowest BCUT2D eigenvalue weighted by Gasteiger charge is -2.07. The molecule has 0 aliphatic rings. The number of hydrogen-bond acceptors (Lipinski definition) is 3. The van der Waals surface area contributed by atoms with Gasteiger partial charge in [-0.05, 0) is 36.4 Å². The summed E-state index contributed by atoms with van der Waals surface area (Å²) in [5.41, 5.74) is 1.79. The first-order valence-electron chi connectivity index (χ1n) is 8.66. The monoisotopic (exact) mass is 476 g/mol. The van der Waals surface area contributed by atoms with Gasteiger partial charge in [-0.1, -0.05) is 76.7 Å². The van der Waals surface area contributed by atoms with Crippen molar-refractivity contribution in [2.45, 2.75) is 0 Å². The molecular weight excluding hydrogens is 466 g/mol. The van der Waals surface area contributed by atoms with Crippen LogP contribution in [0.25, 0.3) is 17.1 Å². The van der Waals surface area contributed by atoms with Crippen LogP contribution in [0.15, 0.2) is 66.7 Å². The lowest BCUT2D eigenvalue weighted by atomic mass is 10.2. The minimum atomic E-state index is -0.518. The number of amides is 1. The molecule has 0 bridgehead atoms. The third kappa shape index (κ3) is 4.30. The number of rotatable bonds is 4. The van der Waals surface area contributed by atoms with Crippen LogP contribution in [0, 0.1) is 0 Å². The van der Waals surface area contributed by atoms with Crippen LogP contribution in [0.4, 0.5) is 5.69 Å². The molecule has 9 heteroatoms. The van der Waals surface area contributed by atoms with Crippen LogP contribution in [0.2, 0.25) is 20.1 Å². The number of hydrogen-bond donors (Lipinski definition) is 1. The van der Waals surface area contributed by atoms with Crippen molar-refractivity contribution in [1.29, 1.82) is 0 Å². The molecule has 0 aliphatic heterocycles. The summed E-state index contributed by atoms with van der Waals surface area (Å²) in [7, 11) is 0. The molecule has 150 valence electrons. The number of halogens is 4. The van der Waals surface area contributed by atoms with Crippen LogP contribution in [-0.4, -0.2) is 20.7 Å². The van der Waals surface area contributed by atoms with Crippen LogP contribution < -0.4 is 5.32 Å². The van der Waals surface area contributed by atoms with Gasteiger partial charge in [0.15, 0.2) is 5.82 Å². The van der Waals surface area contributed by atoms with Gasteiger partial charge in [0.1, 0.15) is 0 Å². The Bertz CT molecular complexity index is 1240. The second kappa shape index (κ2) is 8.66. The van der Waals surface area contributed by atoms with Crippen LogP contribution in [0.5, 0.6) is 0 Å². The molecule has 4 aromatic rings. The molecule has 1 aromatic heterocycles. The van der Waals surface area contributed by atoms with E-state index in [1.165, 1.54) is 10.7 Å². The largest absolute Gasteiger partial charge is 0.318 e. The summed E-state index contributed by atoms with van der Waals surface area (Å²) >= 11 is 24.3. The molecule has 4 rings (SSSR count). The molecule has 1 amide bonds. The predicted octanol–water partition coefficient (Wildman–Crippen LogP) is 6.80. The van der Waals surface area contributed by atoms with Gasteiger partial charge in [0, 0.05) is 10.6 Å². The number of nitrogens with zero attached hydrogens (tertiary/aromatic N) is 3. The molecule has 30 heavy (non-hydrogen) atoms. The zero-order chi connectivity index (χ0) is 21.3. The minimum absolute atomic E-state index is 0.0362. The molecule has 1 heterocycles. The molecule has 0 unspecified atom stereocenters. The van der Waals surface area contributed by atoms with Crippen molar-refractivity contribution in [1.82, 2.24) is 14.8 Å². The van der Waals surface area contributed by atoms with E-state index in [9.17, 15) is 4.79 Å². The van der Waals surface area contributed by atoms with Gasteiger partial charge >= 0.3 is 0 Å². The van der Waals surface area contributed by atoms with Crippen molar-refractivity contribution >= 4 is 58.0 Å². The highest BCUT2D eigenvalue weighted by Crippen LogP contribution is 2.28. The fourth-order valence-electron chi connectivity index (χ4n) is 2.75. The van der Waals surface area contributed by atoms with E-state index in [1.807, 2.05) is 30.3 Å². The lowest BCUT2D eigenvalue weighted by molar-refractivity contribution is 0.101. The van der Waals surface area contributed by atoms with Crippen LogP contribution in [0.3, 0.4) is 0 Å². The van der Waals surface area contributed by atoms with Crippen molar-refractivity contribution in [3.63, 3.8) is 0 Å². The van der Waals surface area contributed by atoms with Gasteiger partial charge in [0.25, 0.3) is 5.91 Å². The second-order valence-electron chi connectivity index (χ2n) is 6.21. The average Bonchev–Trinajstić information content (AvgIpc) is 3.18. The van der Waals surface area contributed by atoms with E-state index < -0.39 is 5.91 Å². The summed E-state index contributed by atoms with van der Waals surface area (Å²) in [6.07, 6.45) is 0. The van der Waals surface area contributed by atoms with E-state index in [0.29, 0.717) is 37.3 Å². The zero-order valence-electron chi connectivity index (χ0n) is 15.1. The summed E-state index contributed by atoms with van der Waals surface area (Å²) in [5.74, 6) is -0.0810. The molecule has 0 saturated carbocycles. The number of benzene rings is 3. The molecule has 5 nitrogen and oxygen atoms in total. The van der Waals surface area contributed by atoms with Gasteiger partial charge < -0.3 is 5.32 Å². The van der Waals surface area contributed by atoms with Crippen LogP contribution in [0.1, 0.15) is 10.6 Å².